The van der Waals surface area contributed by atoms with Crippen molar-refractivity contribution in [3.05, 3.63) is 54.1 Å². The molecule has 3 rings (SSSR count). The number of nitrogens with one attached hydrogen (secondary N) is 2. The molecule has 0 aliphatic heterocycles. The van der Waals surface area contributed by atoms with E-state index in [1.807, 2.05) is 6.92 Å². The number of sulfonamides is 2. The smallest absolute Gasteiger partial charge is 0.240 e. The van der Waals surface area contributed by atoms with Gasteiger partial charge in [-0.2, -0.15) is 0 Å². The van der Waals surface area contributed by atoms with Crippen LogP contribution in [0.1, 0.15) is 44.6 Å². The van der Waals surface area contributed by atoms with Crippen LogP contribution in [0, 0.1) is 0 Å². The van der Waals surface area contributed by atoms with Crippen LogP contribution in [0.25, 0.3) is 0 Å². The van der Waals surface area contributed by atoms with Crippen molar-refractivity contribution in [3.63, 3.8) is 0 Å². The Labute approximate surface area is 185 Å². The van der Waals surface area contributed by atoms with E-state index in [0.29, 0.717) is 18.8 Å². The van der Waals surface area contributed by atoms with Crippen LogP contribution < -0.4 is 14.2 Å². The molecule has 1 fully saturated rings. The maximum atomic E-state index is 12.6. The fourth-order valence-corrected chi connectivity index (χ4v) is 5.97. The molecule has 0 amide bonds. The lowest BCUT2D eigenvalue weighted by molar-refractivity contribution is 0.340. The molecule has 9 heteroatoms. The normalized spacial score (nSPS) is 15.6. The van der Waals surface area contributed by atoms with Gasteiger partial charge in [-0.15, -0.1) is 0 Å². The van der Waals surface area contributed by atoms with Crippen molar-refractivity contribution in [3.8, 4) is 5.75 Å². The van der Waals surface area contributed by atoms with E-state index in [4.69, 9.17) is 4.74 Å². The minimum atomic E-state index is -3.62. The summed E-state index contributed by atoms with van der Waals surface area (Å²) in [4.78, 5) is 0.406. The SMILES string of the molecule is CCOc1ccc(S(=O)(=O)NCCc2ccc(S(=O)(=O)NC3CCCCC3)cc2)cc1. The van der Waals surface area contributed by atoms with Gasteiger partial charge in [0.05, 0.1) is 16.4 Å². The molecule has 0 radical (unpaired) electrons. The molecular formula is C22H30N2O5S2. The summed E-state index contributed by atoms with van der Waals surface area (Å²) in [6.07, 6.45) is 5.48. The standard InChI is InChI=1S/C22H30N2O5S2/c1-2-29-20-10-14-21(15-11-20)30(25,26)23-17-16-18-8-12-22(13-9-18)31(27,28)24-19-6-4-3-5-7-19/h8-15,19,23-24H,2-7,16-17H2,1H3. The molecule has 2 aromatic carbocycles. The van der Waals surface area contributed by atoms with Gasteiger partial charge in [-0.3, -0.25) is 0 Å². The Morgan fingerprint density at radius 1 is 0.839 bits per heavy atom. The van der Waals surface area contributed by atoms with Crippen LogP contribution in [0.3, 0.4) is 0 Å². The van der Waals surface area contributed by atoms with Crippen molar-refractivity contribution in [2.24, 2.45) is 0 Å². The molecule has 0 heterocycles. The van der Waals surface area contributed by atoms with E-state index in [2.05, 4.69) is 9.44 Å². The monoisotopic (exact) mass is 466 g/mol. The zero-order valence-electron chi connectivity index (χ0n) is 17.7. The summed E-state index contributed by atoms with van der Waals surface area (Å²) in [5.74, 6) is 0.620. The highest BCUT2D eigenvalue weighted by Gasteiger charge is 2.21. The first-order valence-corrected chi connectivity index (χ1v) is 13.6. The minimum Gasteiger partial charge on any atom is -0.494 e. The van der Waals surface area contributed by atoms with E-state index in [0.717, 1.165) is 37.7 Å². The third-order valence-corrected chi connectivity index (χ3v) is 8.32. The maximum absolute atomic E-state index is 12.6. The van der Waals surface area contributed by atoms with E-state index < -0.39 is 20.0 Å². The van der Waals surface area contributed by atoms with Crippen molar-refractivity contribution >= 4 is 20.0 Å². The highest BCUT2D eigenvalue weighted by Crippen LogP contribution is 2.20. The molecule has 1 saturated carbocycles. The summed E-state index contributed by atoms with van der Waals surface area (Å²) in [7, 11) is -7.16. The average Bonchev–Trinajstić information content (AvgIpc) is 2.75. The fourth-order valence-electron chi connectivity index (χ4n) is 3.64. The molecule has 2 aromatic rings. The minimum absolute atomic E-state index is 0.00966. The highest BCUT2D eigenvalue weighted by molar-refractivity contribution is 7.89. The van der Waals surface area contributed by atoms with E-state index >= 15 is 0 Å². The van der Waals surface area contributed by atoms with Crippen molar-refractivity contribution < 1.29 is 21.6 Å². The lowest BCUT2D eigenvalue weighted by atomic mass is 9.96. The molecule has 0 saturated heterocycles. The first kappa shape index (κ1) is 23.7. The average molecular weight is 467 g/mol. The van der Waals surface area contributed by atoms with Gasteiger partial charge < -0.3 is 4.74 Å². The third kappa shape index (κ3) is 6.77. The first-order valence-electron chi connectivity index (χ1n) is 10.6. The Kier molecular flexibility index (Phi) is 8.10. The molecule has 1 aliphatic rings. The molecule has 31 heavy (non-hydrogen) atoms. The van der Waals surface area contributed by atoms with Gasteiger partial charge in [-0.05, 0) is 68.1 Å². The molecular weight excluding hydrogens is 436 g/mol. The summed E-state index contributed by atoms with van der Waals surface area (Å²) in [6, 6.07) is 12.9. The van der Waals surface area contributed by atoms with Gasteiger partial charge in [-0.25, -0.2) is 26.3 Å². The summed E-state index contributed by atoms with van der Waals surface area (Å²) in [5, 5.41) is 0. The fraction of sp³-hybridized carbons (Fsp3) is 0.455. The van der Waals surface area contributed by atoms with Crippen molar-refractivity contribution in [2.75, 3.05) is 13.2 Å². The van der Waals surface area contributed by atoms with Crippen LogP contribution in [0.4, 0.5) is 0 Å². The first-order chi connectivity index (χ1) is 14.8. The number of hydrogen-bond acceptors (Lipinski definition) is 5. The Hall–Kier alpha value is -1.94. The Bertz CT molecular complexity index is 1040. The van der Waals surface area contributed by atoms with Gasteiger partial charge in [0.25, 0.3) is 0 Å². The van der Waals surface area contributed by atoms with Crippen LogP contribution in [0.2, 0.25) is 0 Å². The van der Waals surface area contributed by atoms with Gasteiger partial charge in [0.15, 0.2) is 0 Å². The predicted octanol–water partition coefficient (Wildman–Crippen LogP) is 3.22. The predicted molar refractivity (Wildman–Crippen MR) is 120 cm³/mol. The summed E-state index contributed by atoms with van der Waals surface area (Å²) in [6.45, 7) is 2.59. The van der Waals surface area contributed by atoms with Gasteiger partial charge in [0.2, 0.25) is 20.0 Å². The number of hydrogen-bond donors (Lipinski definition) is 2. The molecule has 0 spiro atoms. The van der Waals surface area contributed by atoms with Crippen LogP contribution in [0.5, 0.6) is 5.75 Å². The molecule has 0 unspecified atom stereocenters. The largest absolute Gasteiger partial charge is 0.494 e. The van der Waals surface area contributed by atoms with Gasteiger partial charge in [0.1, 0.15) is 5.75 Å². The molecule has 1 aliphatic carbocycles. The molecule has 2 N–H and O–H groups in total. The van der Waals surface area contributed by atoms with E-state index in [1.54, 1.807) is 36.4 Å². The quantitative estimate of drug-likeness (QED) is 0.560. The zero-order valence-corrected chi connectivity index (χ0v) is 19.3. The second-order valence-corrected chi connectivity index (χ2v) is 11.1. The van der Waals surface area contributed by atoms with Crippen molar-refractivity contribution in [1.82, 2.24) is 9.44 Å². The van der Waals surface area contributed by atoms with Crippen LogP contribution in [-0.4, -0.2) is 36.0 Å². The van der Waals surface area contributed by atoms with Gasteiger partial charge in [0, 0.05) is 12.6 Å². The molecule has 0 bridgehead atoms. The Morgan fingerprint density at radius 2 is 1.42 bits per heavy atom. The van der Waals surface area contributed by atoms with Gasteiger partial charge in [-0.1, -0.05) is 31.4 Å². The Balaban J connectivity index is 1.53. The van der Waals surface area contributed by atoms with Gasteiger partial charge >= 0.3 is 0 Å². The van der Waals surface area contributed by atoms with Crippen molar-refractivity contribution in [2.45, 2.75) is 61.3 Å². The van der Waals surface area contributed by atoms with Crippen LogP contribution >= 0.6 is 0 Å². The number of rotatable bonds is 10. The topological polar surface area (TPSA) is 102 Å². The Morgan fingerprint density at radius 3 is 2.03 bits per heavy atom. The lowest BCUT2D eigenvalue weighted by Gasteiger charge is -2.22. The third-order valence-electron chi connectivity index (χ3n) is 5.31. The summed E-state index contributed by atoms with van der Waals surface area (Å²) < 4.78 is 60.7. The maximum Gasteiger partial charge on any atom is 0.240 e. The molecule has 7 nitrogen and oxygen atoms in total. The second kappa shape index (κ2) is 10.6. The summed E-state index contributed by atoms with van der Waals surface area (Å²) in [5.41, 5.74) is 0.853. The van der Waals surface area contributed by atoms with Crippen molar-refractivity contribution in [1.29, 1.82) is 0 Å². The highest BCUT2D eigenvalue weighted by atomic mass is 32.2. The van der Waals surface area contributed by atoms with Crippen LogP contribution in [-0.2, 0) is 26.5 Å². The lowest BCUT2D eigenvalue weighted by Crippen LogP contribution is -2.36. The van der Waals surface area contributed by atoms with E-state index in [9.17, 15) is 16.8 Å². The van der Waals surface area contributed by atoms with Crippen LogP contribution in [0.15, 0.2) is 58.3 Å². The molecule has 0 atom stereocenters. The van der Waals surface area contributed by atoms with E-state index in [1.165, 1.54) is 12.1 Å². The molecule has 0 aromatic heterocycles. The summed E-state index contributed by atoms with van der Waals surface area (Å²) >= 11 is 0. The zero-order chi connectivity index (χ0) is 22.3. The number of benzene rings is 2. The second-order valence-electron chi connectivity index (χ2n) is 7.65. The number of ether oxygens (including phenoxy) is 1. The molecule has 170 valence electrons. The van der Waals surface area contributed by atoms with E-state index in [-0.39, 0.29) is 22.4 Å².